The molecule has 1 aliphatic rings. The van der Waals surface area contributed by atoms with E-state index >= 15 is 0 Å². The van der Waals surface area contributed by atoms with Crippen molar-refractivity contribution in [1.82, 2.24) is 15.3 Å². The zero-order valence-electron chi connectivity index (χ0n) is 16.1. The summed E-state index contributed by atoms with van der Waals surface area (Å²) in [6, 6.07) is 6.98. The molecule has 2 amide bonds. The third kappa shape index (κ3) is 5.08. The lowest BCUT2D eigenvalue weighted by atomic mass is 9.87. The first-order chi connectivity index (χ1) is 14.4. The summed E-state index contributed by atoms with van der Waals surface area (Å²) in [6.45, 7) is 1.02. The van der Waals surface area contributed by atoms with Gasteiger partial charge in [-0.15, -0.1) is 0 Å². The van der Waals surface area contributed by atoms with E-state index in [0.29, 0.717) is 5.69 Å². The zero-order chi connectivity index (χ0) is 21.6. The summed E-state index contributed by atoms with van der Waals surface area (Å²) in [5.74, 6) is 4.19. The molecule has 1 aliphatic heterocycles. The monoisotopic (exact) mass is 410 g/mol. The Bertz CT molecular complexity index is 1040. The van der Waals surface area contributed by atoms with Crippen molar-refractivity contribution >= 4 is 23.5 Å². The van der Waals surface area contributed by atoms with Crippen LogP contribution in [0.5, 0.6) is 5.88 Å². The number of aromatic nitrogens is 2. The van der Waals surface area contributed by atoms with Crippen molar-refractivity contribution in [1.29, 1.82) is 0 Å². The van der Waals surface area contributed by atoms with Gasteiger partial charge in [0.2, 0.25) is 11.8 Å². The van der Waals surface area contributed by atoms with Gasteiger partial charge in [0.1, 0.15) is 12.4 Å². The van der Waals surface area contributed by atoms with Gasteiger partial charge in [-0.05, 0) is 24.6 Å². The minimum atomic E-state index is -0.836. The van der Waals surface area contributed by atoms with Crippen LogP contribution in [0.15, 0.2) is 41.7 Å². The van der Waals surface area contributed by atoms with E-state index in [2.05, 4.69) is 37.4 Å². The topological polar surface area (TPSA) is 132 Å². The number of amides is 2. The van der Waals surface area contributed by atoms with Crippen LogP contribution in [0, 0.1) is 11.8 Å². The molecule has 4 N–H and O–H groups in total. The number of rotatable bonds is 5. The number of nitrogens with two attached hydrogens (primary N) is 1. The molecule has 1 unspecified atom stereocenters. The largest absolute Gasteiger partial charge is 0.463 e. The lowest BCUT2D eigenvalue weighted by molar-refractivity contribution is -0.121. The number of halogens is 1. The lowest BCUT2D eigenvalue weighted by Gasteiger charge is -2.29. The van der Waals surface area contributed by atoms with Gasteiger partial charge in [0.25, 0.3) is 5.91 Å². The van der Waals surface area contributed by atoms with Gasteiger partial charge in [-0.1, -0.05) is 24.0 Å². The van der Waals surface area contributed by atoms with E-state index in [9.17, 15) is 14.0 Å². The molecule has 2 aromatic rings. The van der Waals surface area contributed by atoms with Gasteiger partial charge in [0, 0.05) is 5.69 Å². The maximum Gasteiger partial charge on any atom is 0.275 e. The molecule has 0 fully saturated rings. The highest BCUT2D eigenvalue weighted by atomic mass is 19.1. The average molecular weight is 410 g/mol. The number of anilines is 1. The molecule has 0 saturated carbocycles. The second kappa shape index (κ2) is 9.00. The smallest absolute Gasteiger partial charge is 0.275 e. The number of carbonyl (C=O) groups excluding carboxylic acids is 2. The molecule has 2 heterocycles. The van der Waals surface area contributed by atoms with Crippen molar-refractivity contribution in [3.63, 3.8) is 0 Å². The van der Waals surface area contributed by atoms with E-state index in [1.165, 1.54) is 12.4 Å². The Morgan fingerprint density at radius 1 is 1.37 bits per heavy atom. The van der Waals surface area contributed by atoms with E-state index in [4.69, 9.17) is 10.5 Å². The Morgan fingerprint density at radius 3 is 2.90 bits per heavy atom. The maximum atomic E-state index is 12.5. The van der Waals surface area contributed by atoms with E-state index < -0.39 is 18.1 Å². The quantitative estimate of drug-likeness (QED) is 0.633. The summed E-state index contributed by atoms with van der Waals surface area (Å²) in [5.41, 5.74) is 6.16. The Kier molecular flexibility index (Phi) is 6.22. The van der Waals surface area contributed by atoms with Gasteiger partial charge >= 0.3 is 0 Å². The van der Waals surface area contributed by atoms with Gasteiger partial charge < -0.3 is 15.8 Å². The molecule has 1 aromatic heterocycles. The van der Waals surface area contributed by atoms with Crippen LogP contribution in [0.4, 0.5) is 10.1 Å². The number of hydrogen-bond acceptors (Lipinski definition) is 7. The predicted molar refractivity (Wildman–Crippen MR) is 107 cm³/mol. The number of nitrogens with one attached hydrogen (secondary N) is 2. The SMILES string of the molecule is CC1(c2cccc(NC(=O)c3cnc(OCC#CCF)cn3)c2)CC(=O)NC(N)=N1. The van der Waals surface area contributed by atoms with Crippen molar-refractivity contribution in [2.45, 2.75) is 18.9 Å². The molecule has 0 radical (unpaired) electrons. The van der Waals surface area contributed by atoms with Crippen LogP contribution in [-0.4, -0.2) is 41.0 Å². The highest BCUT2D eigenvalue weighted by Crippen LogP contribution is 2.32. The fourth-order valence-corrected chi connectivity index (χ4v) is 2.84. The molecule has 30 heavy (non-hydrogen) atoms. The first kappa shape index (κ1) is 20.7. The van der Waals surface area contributed by atoms with E-state index in [0.717, 1.165) is 5.56 Å². The van der Waals surface area contributed by atoms with Crippen molar-refractivity contribution in [3.05, 3.63) is 47.9 Å². The summed E-state index contributed by atoms with van der Waals surface area (Å²) in [6.07, 6.45) is 2.67. The number of carbonyl (C=O) groups is 2. The Hall–Kier alpha value is -4.00. The Labute approximate surface area is 172 Å². The van der Waals surface area contributed by atoms with Gasteiger partial charge in [0.15, 0.2) is 12.6 Å². The van der Waals surface area contributed by atoms with Gasteiger partial charge in [-0.2, -0.15) is 0 Å². The molecule has 1 atom stereocenters. The molecular formula is C20H19FN6O3. The minimum absolute atomic E-state index is 0.0271. The first-order valence-corrected chi connectivity index (χ1v) is 8.93. The molecule has 0 saturated heterocycles. The number of hydrogen-bond donors (Lipinski definition) is 3. The number of nitrogens with zero attached hydrogens (tertiary/aromatic N) is 3. The normalized spacial score (nSPS) is 17.8. The Balaban J connectivity index is 1.69. The Morgan fingerprint density at radius 2 is 2.20 bits per heavy atom. The molecule has 3 rings (SSSR count). The van der Waals surface area contributed by atoms with Crippen molar-refractivity contribution in [2.75, 3.05) is 18.6 Å². The summed E-state index contributed by atoms with van der Waals surface area (Å²) in [4.78, 5) is 36.6. The van der Waals surface area contributed by atoms with Crippen LogP contribution >= 0.6 is 0 Å². The molecule has 9 nitrogen and oxygen atoms in total. The molecule has 0 bridgehead atoms. The fourth-order valence-electron chi connectivity index (χ4n) is 2.84. The van der Waals surface area contributed by atoms with Crippen LogP contribution in [0.2, 0.25) is 0 Å². The number of benzene rings is 1. The highest BCUT2D eigenvalue weighted by Gasteiger charge is 2.33. The predicted octanol–water partition coefficient (Wildman–Crippen LogP) is 1.13. The second-order valence-corrected chi connectivity index (χ2v) is 6.55. The van der Waals surface area contributed by atoms with E-state index in [-0.39, 0.29) is 36.5 Å². The van der Waals surface area contributed by atoms with Crippen molar-refractivity contribution in [2.24, 2.45) is 10.7 Å². The van der Waals surface area contributed by atoms with Gasteiger partial charge in [-0.25, -0.2) is 19.4 Å². The van der Waals surface area contributed by atoms with Crippen LogP contribution in [0.3, 0.4) is 0 Å². The average Bonchev–Trinajstić information content (AvgIpc) is 2.71. The van der Waals surface area contributed by atoms with Crippen LogP contribution in [-0.2, 0) is 10.3 Å². The summed E-state index contributed by atoms with van der Waals surface area (Å²) < 4.78 is 17.1. The fraction of sp³-hybridized carbons (Fsp3) is 0.250. The number of alkyl halides is 1. The lowest BCUT2D eigenvalue weighted by Crippen LogP contribution is -2.46. The van der Waals surface area contributed by atoms with Gasteiger partial charge in [-0.3, -0.25) is 14.9 Å². The first-order valence-electron chi connectivity index (χ1n) is 8.93. The van der Waals surface area contributed by atoms with Crippen LogP contribution in [0.25, 0.3) is 0 Å². The third-order valence-corrected chi connectivity index (χ3v) is 4.23. The van der Waals surface area contributed by atoms with Crippen molar-refractivity contribution in [3.8, 4) is 17.7 Å². The third-order valence-electron chi connectivity index (χ3n) is 4.23. The van der Waals surface area contributed by atoms with E-state index in [1.807, 2.05) is 6.07 Å². The standard InChI is InChI=1S/C20H19FN6O3/c1-20(10-16(28)26-19(22)27-20)13-5-4-6-14(9-13)25-18(29)15-11-24-17(12-23-15)30-8-3-2-7-21/h4-6,9,11-12H,7-8,10H2,1H3,(H,25,29)(H3,22,26,27,28). The van der Waals surface area contributed by atoms with Gasteiger partial charge in [0.05, 0.1) is 24.4 Å². The molecule has 0 aliphatic carbocycles. The molecule has 10 heteroatoms. The van der Waals surface area contributed by atoms with Crippen molar-refractivity contribution < 1.29 is 18.7 Å². The molecule has 0 spiro atoms. The van der Waals surface area contributed by atoms with Crippen LogP contribution < -0.4 is 21.1 Å². The number of aliphatic imine (C=N–C) groups is 1. The second-order valence-electron chi connectivity index (χ2n) is 6.55. The summed E-state index contributed by atoms with van der Waals surface area (Å²) >= 11 is 0. The molecule has 154 valence electrons. The molecular weight excluding hydrogens is 391 g/mol. The number of guanidine groups is 1. The minimum Gasteiger partial charge on any atom is -0.463 e. The highest BCUT2D eigenvalue weighted by molar-refractivity contribution is 6.03. The van der Waals surface area contributed by atoms with E-state index in [1.54, 1.807) is 25.1 Å². The summed E-state index contributed by atoms with van der Waals surface area (Å²) in [5, 5.41) is 5.20. The van der Waals surface area contributed by atoms with Crippen LogP contribution in [0.1, 0.15) is 29.4 Å². The maximum absolute atomic E-state index is 12.5. The number of ether oxygens (including phenoxy) is 1. The molecule has 1 aromatic carbocycles. The zero-order valence-corrected chi connectivity index (χ0v) is 16.1. The summed E-state index contributed by atoms with van der Waals surface area (Å²) in [7, 11) is 0.